The molecule has 0 aliphatic rings. The second kappa shape index (κ2) is 4.50. The lowest BCUT2D eigenvalue weighted by Gasteiger charge is -2.03. The average molecular weight is 209 g/mol. The fraction of sp³-hybridized carbons (Fsp3) is 0.0714. The van der Waals surface area contributed by atoms with E-state index in [4.69, 9.17) is 11.2 Å². The summed E-state index contributed by atoms with van der Waals surface area (Å²) in [6.45, 7) is 0. The third-order valence-corrected chi connectivity index (χ3v) is 2.33. The lowest BCUT2D eigenvalue weighted by atomic mass is 10.1. The molecular formula is C14H11NO. The molecule has 0 fully saturated rings. The third-order valence-electron chi connectivity index (χ3n) is 2.33. The molecule has 0 amide bonds. The summed E-state index contributed by atoms with van der Waals surface area (Å²) in [4.78, 5) is 4.10. The van der Waals surface area contributed by atoms with Gasteiger partial charge in [-0.3, -0.25) is 4.98 Å². The van der Waals surface area contributed by atoms with Crippen LogP contribution in [0.15, 0.2) is 42.7 Å². The minimum Gasteiger partial charge on any atom is -0.497 e. The predicted octanol–water partition coefficient (Wildman–Crippen LogP) is 2.74. The number of benzene rings is 1. The molecule has 0 aliphatic carbocycles. The van der Waals surface area contributed by atoms with Gasteiger partial charge >= 0.3 is 0 Å². The normalized spacial score (nSPS) is 9.50. The second-order valence-electron chi connectivity index (χ2n) is 3.34. The molecule has 1 aromatic heterocycles. The van der Waals surface area contributed by atoms with Crippen LogP contribution in [0.1, 0.15) is 5.56 Å². The fourth-order valence-electron chi connectivity index (χ4n) is 1.46. The molecule has 0 atom stereocenters. The number of terminal acetylenes is 1. The Morgan fingerprint density at radius 3 is 2.50 bits per heavy atom. The fourth-order valence-corrected chi connectivity index (χ4v) is 1.46. The van der Waals surface area contributed by atoms with Crippen molar-refractivity contribution in [3.8, 4) is 29.2 Å². The molecule has 0 saturated carbocycles. The Labute approximate surface area is 94.9 Å². The van der Waals surface area contributed by atoms with Gasteiger partial charge < -0.3 is 4.74 Å². The number of hydrogen-bond acceptors (Lipinski definition) is 2. The Morgan fingerprint density at radius 1 is 1.12 bits per heavy atom. The summed E-state index contributed by atoms with van der Waals surface area (Å²) < 4.78 is 5.10. The summed E-state index contributed by atoms with van der Waals surface area (Å²) in [5.41, 5.74) is 2.87. The van der Waals surface area contributed by atoms with E-state index in [0.29, 0.717) is 0 Å². The monoisotopic (exact) mass is 209 g/mol. The van der Waals surface area contributed by atoms with Crippen LogP contribution in [-0.2, 0) is 0 Å². The minimum absolute atomic E-state index is 0.785. The van der Waals surface area contributed by atoms with Crippen molar-refractivity contribution in [3.05, 3.63) is 48.3 Å². The van der Waals surface area contributed by atoms with Crippen LogP contribution in [0.2, 0.25) is 0 Å². The van der Waals surface area contributed by atoms with Crippen LogP contribution in [0.25, 0.3) is 11.1 Å². The van der Waals surface area contributed by atoms with E-state index >= 15 is 0 Å². The van der Waals surface area contributed by atoms with E-state index in [0.717, 1.165) is 22.4 Å². The van der Waals surface area contributed by atoms with E-state index in [9.17, 15) is 0 Å². The molecule has 16 heavy (non-hydrogen) atoms. The smallest absolute Gasteiger partial charge is 0.118 e. The highest BCUT2D eigenvalue weighted by Crippen LogP contribution is 2.22. The summed E-state index contributed by atoms with van der Waals surface area (Å²) >= 11 is 0. The van der Waals surface area contributed by atoms with Crippen LogP contribution < -0.4 is 4.74 Å². The molecule has 1 heterocycles. The molecule has 1 aromatic carbocycles. The number of ether oxygens (including phenoxy) is 1. The number of rotatable bonds is 2. The van der Waals surface area contributed by atoms with Gasteiger partial charge in [-0.05, 0) is 23.8 Å². The van der Waals surface area contributed by atoms with E-state index in [1.165, 1.54) is 0 Å². The van der Waals surface area contributed by atoms with Gasteiger partial charge in [0.05, 0.1) is 7.11 Å². The van der Waals surface area contributed by atoms with Crippen LogP contribution in [0.3, 0.4) is 0 Å². The summed E-state index contributed by atoms with van der Waals surface area (Å²) in [7, 11) is 1.65. The first-order valence-corrected chi connectivity index (χ1v) is 4.89. The molecule has 0 spiro atoms. The molecule has 0 bridgehead atoms. The van der Waals surface area contributed by atoms with Gasteiger partial charge in [0.2, 0.25) is 0 Å². The molecule has 0 N–H and O–H groups in total. The maximum absolute atomic E-state index is 5.33. The Hall–Kier alpha value is -2.27. The SMILES string of the molecule is C#Cc1cncc(-c2ccc(OC)cc2)c1. The highest BCUT2D eigenvalue weighted by atomic mass is 16.5. The van der Waals surface area contributed by atoms with E-state index in [-0.39, 0.29) is 0 Å². The van der Waals surface area contributed by atoms with Crippen LogP contribution in [0.5, 0.6) is 5.75 Å². The van der Waals surface area contributed by atoms with Crippen LogP contribution >= 0.6 is 0 Å². The molecule has 0 aliphatic heterocycles. The maximum atomic E-state index is 5.33. The van der Waals surface area contributed by atoms with E-state index < -0.39 is 0 Å². The van der Waals surface area contributed by atoms with Crippen molar-refractivity contribution >= 4 is 0 Å². The topological polar surface area (TPSA) is 22.1 Å². The van der Waals surface area contributed by atoms with Gasteiger partial charge in [0.1, 0.15) is 5.75 Å². The van der Waals surface area contributed by atoms with Crippen molar-refractivity contribution in [1.82, 2.24) is 4.98 Å². The molecule has 0 unspecified atom stereocenters. The summed E-state index contributed by atoms with van der Waals surface area (Å²) in [6.07, 6.45) is 8.80. The lowest BCUT2D eigenvalue weighted by Crippen LogP contribution is -1.85. The van der Waals surface area contributed by atoms with E-state index in [1.807, 2.05) is 30.3 Å². The number of nitrogens with zero attached hydrogens (tertiary/aromatic N) is 1. The first-order valence-electron chi connectivity index (χ1n) is 4.89. The van der Waals surface area contributed by atoms with Crippen molar-refractivity contribution in [2.45, 2.75) is 0 Å². The Morgan fingerprint density at radius 2 is 1.88 bits per heavy atom. The van der Waals surface area contributed by atoms with Crippen molar-refractivity contribution in [1.29, 1.82) is 0 Å². The second-order valence-corrected chi connectivity index (χ2v) is 3.34. The van der Waals surface area contributed by atoms with Crippen LogP contribution in [0, 0.1) is 12.3 Å². The summed E-state index contributed by atoms with van der Waals surface area (Å²) in [6, 6.07) is 9.73. The van der Waals surface area contributed by atoms with Gasteiger partial charge in [-0.15, -0.1) is 6.42 Å². The number of methoxy groups -OCH3 is 1. The Bertz CT molecular complexity index is 523. The van der Waals surface area contributed by atoms with E-state index in [1.54, 1.807) is 19.5 Å². The van der Waals surface area contributed by atoms with Gasteiger partial charge in [0, 0.05) is 23.5 Å². The maximum Gasteiger partial charge on any atom is 0.118 e. The molecule has 2 rings (SSSR count). The van der Waals surface area contributed by atoms with Gasteiger partial charge in [-0.1, -0.05) is 18.1 Å². The third kappa shape index (κ3) is 2.04. The van der Waals surface area contributed by atoms with E-state index in [2.05, 4.69) is 10.9 Å². The van der Waals surface area contributed by atoms with Gasteiger partial charge in [-0.2, -0.15) is 0 Å². The quantitative estimate of drug-likeness (QED) is 0.709. The van der Waals surface area contributed by atoms with Gasteiger partial charge in [-0.25, -0.2) is 0 Å². The average Bonchev–Trinajstić information content (AvgIpc) is 2.39. The zero-order valence-corrected chi connectivity index (χ0v) is 8.97. The standard InChI is InChI=1S/C14H11NO/c1-3-11-8-13(10-15-9-11)12-4-6-14(16-2)7-5-12/h1,4-10H,2H3. The first kappa shape index (κ1) is 10.3. The summed E-state index contributed by atoms with van der Waals surface area (Å²) in [5, 5.41) is 0. The molecule has 2 nitrogen and oxygen atoms in total. The number of pyridine rings is 1. The highest BCUT2D eigenvalue weighted by Gasteiger charge is 1.99. The van der Waals surface area contributed by atoms with Gasteiger partial charge in [0.15, 0.2) is 0 Å². The van der Waals surface area contributed by atoms with Gasteiger partial charge in [0.25, 0.3) is 0 Å². The first-order chi connectivity index (χ1) is 7.83. The molecule has 2 heteroatoms. The number of hydrogen-bond donors (Lipinski definition) is 0. The Balaban J connectivity index is 2.39. The molecule has 0 saturated heterocycles. The van der Waals surface area contributed by atoms with Crippen molar-refractivity contribution in [2.24, 2.45) is 0 Å². The minimum atomic E-state index is 0.785. The largest absolute Gasteiger partial charge is 0.497 e. The molecule has 78 valence electrons. The van der Waals surface area contributed by atoms with Crippen molar-refractivity contribution in [3.63, 3.8) is 0 Å². The lowest BCUT2D eigenvalue weighted by molar-refractivity contribution is 0.415. The zero-order valence-electron chi connectivity index (χ0n) is 8.97. The number of aromatic nitrogens is 1. The molecular weight excluding hydrogens is 198 g/mol. The van der Waals surface area contributed by atoms with Crippen LogP contribution in [0.4, 0.5) is 0 Å². The van der Waals surface area contributed by atoms with Crippen molar-refractivity contribution in [2.75, 3.05) is 7.11 Å². The van der Waals surface area contributed by atoms with Crippen molar-refractivity contribution < 1.29 is 4.74 Å². The van der Waals surface area contributed by atoms with Crippen LogP contribution in [-0.4, -0.2) is 12.1 Å². The molecule has 2 aromatic rings. The summed E-state index contributed by atoms with van der Waals surface area (Å²) in [5.74, 6) is 3.41. The molecule has 0 radical (unpaired) electrons. The predicted molar refractivity (Wildman–Crippen MR) is 64.2 cm³/mol. The Kier molecular flexibility index (Phi) is 2.88. The zero-order chi connectivity index (χ0) is 11.4. The highest BCUT2D eigenvalue weighted by molar-refractivity contribution is 5.64.